The fourth-order valence-electron chi connectivity index (χ4n) is 12.9. The highest BCUT2D eigenvalue weighted by Crippen LogP contribution is 2.64. The van der Waals surface area contributed by atoms with Gasteiger partial charge in [-0.3, -0.25) is 9.59 Å². The van der Waals surface area contributed by atoms with E-state index < -0.39 is 0 Å². The summed E-state index contributed by atoms with van der Waals surface area (Å²) in [7, 11) is 0. The first kappa shape index (κ1) is 52.2. The number of nitrogens with zero attached hydrogens (tertiary/aromatic N) is 4. The van der Waals surface area contributed by atoms with Crippen LogP contribution in [0.5, 0.6) is 0 Å². The number of Topliss-reactive ketones (excluding diaryl/α,β-unsaturated/α-hetero) is 2. The molecule has 6 nitrogen and oxygen atoms in total. The van der Waals surface area contributed by atoms with Gasteiger partial charge in [0.05, 0.1) is 0 Å². The summed E-state index contributed by atoms with van der Waals surface area (Å²) in [6.07, 6.45) is 26.3. The van der Waals surface area contributed by atoms with Gasteiger partial charge in [0, 0.05) is 63.8 Å². The number of thiophene rings is 2. The second-order valence-electron chi connectivity index (χ2n) is 20.9. The number of hydrogen-bond donors (Lipinski definition) is 0. The van der Waals surface area contributed by atoms with Gasteiger partial charge >= 0.3 is 0 Å². The predicted molar refractivity (Wildman–Crippen MR) is 303 cm³/mol. The number of fused-ring (bicyclic) bond motifs is 8. The molecule has 9 rings (SSSR count). The highest BCUT2D eigenvalue weighted by Gasteiger charge is 2.49. The topological polar surface area (TPSA) is 129 Å². The summed E-state index contributed by atoms with van der Waals surface area (Å²) >= 11 is 3.50. The monoisotopic (exact) mass is 1010 g/mol. The van der Waals surface area contributed by atoms with E-state index in [1.54, 1.807) is 34.8 Å². The lowest BCUT2D eigenvalue weighted by molar-refractivity contribution is 0.103. The van der Waals surface area contributed by atoms with Gasteiger partial charge in [-0.2, -0.15) is 21.0 Å². The van der Waals surface area contributed by atoms with E-state index in [2.05, 4.69) is 76.2 Å². The smallest absolute Gasteiger partial charge is 0.194 e. The quantitative estimate of drug-likeness (QED) is 0.0386. The van der Waals surface area contributed by atoms with Gasteiger partial charge in [0.1, 0.15) is 35.4 Å². The van der Waals surface area contributed by atoms with Crippen LogP contribution in [-0.4, -0.2) is 11.6 Å². The van der Waals surface area contributed by atoms with Crippen LogP contribution in [0.25, 0.3) is 44.2 Å². The van der Waals surface area contributed by atoms with Crippen molar-refractivity contribution in [3.05, 3.63) is 149 Å². The molecule has 2 heterocycles. The van der Waals surface area contributed by atoms with Crippen molar-refractivity contribution in [1.82, 2.24) is 0 Å². The number of carbonyl (C=O) groups excluding carboxylic acids is 2. The molecule has 0 saturated carbocycles. The molecular weight excluding hydrogens is 945 g/mol. The Labute approximate surface area is 447 Å². The third-order valence-corrected chi connectivity index (χ3v) is 18.7. The molecule has 0 saturated heterocycles. The molecule has 0 unspecified atom stereocenters. The zero-order valence-electron chi connectivity index (χ0n) is 43.6. The average molecular weight is 1010 g/mol. The molecular formula is C66H66N4O2S2. The van der Waals surface area contributed by atoms with Crippen molar-refractivity contribution < 1.29 is 9.59 Å². The van der Waals surface area contributed by atoms with Crippen LogP contribution in [0.2, 0.25) is 0 Å². The highest BCUT2D eigenvalue weighted by molar-refractivity contribution is 7.17. The molecule has 4 aliphatic carbocycles. The van der Waals surface area contributed by atoms with Crippen molar-refractivity contribution in [3.8, 4) is 45.2 Å². The number of rotatable bonds is 22. The number of hydrogen-bond acceptors (Lipinski definition) is 8. The van der Waals surface area contributed by atoms with Crippen molar-refractivity contribution in [3.63, 3.8) is 0 Å². The zero-order valence-corrected chi connectivity index (χ0v) is 45.3. The van der Waals surface area contributed by atoms with Crippen molar-refractivity contribution in [1.29, 1.82) is 21.0 Å². The summed E-state index contributed by atoms with van der Waals surface area (Å²) in [5.74, 6) is -0.310. The Morgan fingerprint density at radius 2 is 0.757 bits per heavy atom. The summed E-state index contributed by atoms with van der Waals surface area (Å²) in [5.41, 5.74) is 11.5. The first-order valence-electron chi connectivity index (χ1n) is 27.5. The predicted octanol–water partition coefficient (Wildman–Crippen LogP) is 18.4. The van der Waals surface area contributed by atoms with Gasteiger partial charge in [-0.05, 0) is 107 Å². The van der Waals surface area contributed by atoms with E-state index in [1.165, 1.54) is 68.8 Å². The molecule has 0 bridgehead atoms. The molecule has 0 N–H and O–H groups in total. The number of carbonyl (C=O) groups is 2. The Balaban J connectivity index is 1.28. The average Bonchev–Trinajstić information content (AvgIpc) is 4.25. The fourth-order valence-corrected chi connectivity index (χ4v) is 15.3. The lowest BCUT2D eigenvalue weighted by atomic mass is 9.68. The van der Waals surface area contributed by atoms with Crippen LogP contribution in [0.4, 0.5) is 0 Å². The number of allylic oxidation sites excluding steroid dienone is 6. The Kier molecular flexibility index (Phi) is 16.1. The van der Waals surface area contributed by atoms with Gasteiger partial charge in [0.25, 0.3) is 0 Å². The lowest BCUT2D eigenvalue weighted by Gasteiger charge is -2.34. The third kappa shape index (κ3) is 9.21. The minimum atomic E-state index is -0.261. The van der Waals surface area contributed by atoms with Crippen LogP contribution >= 0.6 is 22.7 Å². The molecule has 0 atom stereocenters. The molecule has 0 amide bonds. The maximum absolute atomic E-state index is 14.3. The molecule has 3 aromatic carbocycles. The number of nitriles is 4. The van der Waals surface area contributed by atoms with Gasteiger partial charge < -0.3 is 0 Å². The Morgan fingerprint density at radius 1 is 0.432 bits per heavy atom. The van der Waals surface area contributed by atoms with Crippen LogP contribution in [0.15, 0.2) is 95.1 Å². The van der Waals surface area contributed by atoms with E-state index in [1.807, 2.05) is 48.6 Å². The molecule has 74 heavy (non-hydrogen) atoms. The van der Waals surface area contributed by atoms with Crippen LogP contribution in [0.3, 0.4) is 0 Å². The van der Waals surface area contributed by atoms with Crippen molar-refractivity contribution in [2.75, 3.05) is 0 Å². The van der Waals surface area contributed by atoms with E-state index in [4.69, 9.17) is 0 Å². The van der Waals surface area contributed by atoms with E-state index in [-0.39, 0.29) is 33.5 Å². The summed E-state index contributed by atoms with van der Waals surface area (Å²) in [6, 6.07) is 33.0. The van der Waals surface area contributed by atoms with Crippen molar-refractivity contribution in [2.45, 2.75) is 167 Å². The number of ketones is 2. The molecule has 0 aliphatic heterocycles. The molecule has 5 aromatic rings. The standard InChI is InChI=1S/C66H66N4O2S2/c1-5-9-13-21-29-65(30-22-14-10-6-2)55-37-52-56(38-51(55)63-57(65)35-45(73-63)33-53-59(43(39-67)40-68)47-25-17-19-27-49(47)61(53)71)66(31-23-15-11-7-3,32-24-16-12-8-4)58-36-46(74-64(52)58)34-54-60(44(41-69)42-70)48-26-18-20-28-50(48)62(54)72/h17-20,25-28,33-38H,5-16,21-24,29-32H2,1-4H3/b53-33-,54-34-. The molecule has 8 heteroatoms. The zero-order chi connectivity index (χ0) is 52.0. The largest absolute Gasteiger partial charge is 0.289 e. The summed E-state index contributed by atoms with van der Waals surface area (Å²) in [5, 5.41) is 40.8. The highest BCUT2D eigenvalue weighted by atomic mass is 32.1. The molecule has 374 valence electrons. The number of unbranched alkanes of at least 4 members (excludes halogenated alkanes) is 12. The Bertz CT molecular complexity index is 3060. The van der Waals surface area contributed by atoms with E-state index >= 15 is 0 Å². The van der Waals surface area contributed by atoms with Crippen LogP contribution in [0.1, 0.15) is 220 Å². The molecule has 0 spiro atoms. The van der Waals surface area contributed by atoms with Gasteiger partial charge in [-0.25, -0.2) is 0 Å². The lowest BCUT2D eigenvalue weighted by Crippen LogP contribution is -2.27. The maximum atomic E-state index is 14.3. The van der Waals surface area contributed by atoms with Crippen molar-refractivity contribution in [2.24, 2.45) is 0 Å². The molecule has 4 aliphatic rings. The summed E-state index contributed by atoms with van der Waals surface area (Å²) in [6.45, 7) is 9.07. The van der Waals surface area contributed by atoms with Gasteiger partial charge in [-0.15, -0.1) is 22.7 Å². The normalized spacial score (nSPS) is 16.1. The van der Waals surface area contributed by atoms with Crippen LogP contribution in [0, 0.1) is 45.3 Å². The molecule has 2 aromatic heterocycles. The van der Waals surface area contributed by atoms with Gasteiger partial charge in [-0.1, -0.05) is 179 Å². The Morgan fingerprint density at radius 3 is 1.07 bits per heavy atom. The van der Waals surface area contributed by atoms with E-state index in [0.29, 0.717) is 44.5 Å². The Hall–Kier alpha value is -6.68. The second kappa shape index (κ2) is 22.8. The van der Waals surface area contributed by atoms with E-state index in [9.17, 15) is 30.6 Å². The minimum absolute atomic E-state index is 0.0484. The number of benzene rings is 3. The van der Waals surface area contributed by atoms with Gasteiger partial charge in [0.2, 0.25) is 0 Å². The molecule has 0 fully saturated rings. The summed E-state index contributed by atoms with van der Waals surface area (Å²) < 4.78 is 0. The van der Waals surface area contributed by atoms with Gasteiger partial charge in [0.15, 0.2) is 11.6 Å². The van der Waals surface area contributed by atoms with Crippen LogP contribution in [-0.2, 0) is 10.8 Å². The fraction of sp³-hybridized carbons (Fsp3) is 0.394. The van der Waals surface area contributed by atoms with Crippen LogP contribution < -0.4 is 0 Å². The summed E-state index contributed by atoms with van der Waals surface area (Å²) in [4.78, 5) is 33.0. The first-order chi connectivity index (χ1) is 36.2. The third-order valence-electron chi connectivity index (χ3n) is 16.5. The SMILES string of the molecule is CCCCCCC1(CCCCCC)c2cc3c(cc2-c2sc(/C=C4\C(=O)c5ccccc5C4=C(C#N)C#N)cc21)C(CCCCCC)(CCCCCC)c1cc(/C=C2\C(=O)c4ccccc4C2=C(C#N)C#N)sc1-3. The van der Waals surface area contributed by atoms with Crippen molar-refractivity contribution >= 4 is 57.5 Å². The molecule has 0 radical (unpaired) electrons. The van der Waals surface area contributed by atoms with E-state index in [0.717, 1.165) is 112 Å². The first-order valence-corrected chi connectivity index (χ1v) is 29.1. The maximum Gasteiger partial charge on any atom is 0.194 e. The second-order valence-corrected chi connectivity index (χ2v) is 23.1. The minimum Gasteiger partial charge on any atom is -0.289 e.